The number of esters is 1. The van der Waals surface area contributed by atoms with E-state index in [0.717, 1.165) is 4.88 Å². The predicted octanol–water partition coefficient (Wildman–Crippen LogP) is 1.12. The number of sulfonamides is 1. The molecule has 1 N–H and O–H groups in total. The highest BCUT2D eigenvalue weighted by atomic mass is 32.2. The van der Waals surface area contributed by atoms with Gasteiger partial charge in [-0.1, -0.05) is 6.07 Å². The highest BCUT2D eigenvalue weighted by molar-refractivity contribution is 7.89. The Balaban J connectivity index is 2.29. The number of rotatable bonds is 7. The van der Waals surface area contributed by atoms with Gasteiger partial charge in [0.2, 0.25) is 10.0 Å². The number of methoxy groups -OCH3 is 1. The second-order valence-corrected chi connectivity index (χ2v) is 6.36. The van der Waals surface area contributed by atoms with E-state index in [2.05, 4.69) is 9.46 Å². The van der Waals surface area contributed by atoms with Gasteiger partial charge < -0.3 is 4.74 Å². The SMILES string of the molecule is COC(=O)CCCS(=O)(=O)NCc1cccs1. The molecule has 0 saturated heterocycles. The lowest BCUT2D eigenvalue weighted by atomic mass is 10.3. The first-order chi connectivity index (χ1) is 8.03. The highest BCUT2D eigenvalue weighted by Gasteiger charge is 2.11. The van der Waals surface area contributed by atoms with Crippen molar-refractivity contribution in [3.8, 4) is 0 Å². The molecule has 1 aromatic rings. The second-order valence-electron chi connectivity index (χ2n) is 3.40. The van der Waals surface area contributed by atoms with Crippen molar-refractivity contribution in [2.75, 3.05) is 12.9 Å². The van der Waals surface area contributed by atoms with E-state index in [1.54, 1.807) is 0 Å². The third kappa shape index (κ3) is 5.81. The average Bonchev–Trinajstić information content (AvgIpc) is 2.79. The second kappa shape index (κ2) is 6.73. The predicted molar refractivity (Wildman–Crippen MR) is 66.2 cm³/mol. The average molecular weight is 277 g/mol. The lowest BCUT2D eigenvalue weighted by molar-refractivity contribution is -0.140. The first-order valence-electron chi connectivity index (χ1n) is 5.10. The summed E-state index contributed by atoms with van der Waals surface area (Å²) in [5.74, 6) is -0.452. The van der Waals surface area contributed by atoms with E-state index in [-0.39, 0.29) is 18.6 Å². The normalized spacial score (nSPS) is 11.4. The zero-order chi connectivity index (χ0) is 12.7. The molecule has 17 heavy (non-hydrogen) atoms. The van der Waals surface area contributed by atoms with Gasteiger partial charge in [0, 0.05) is 17.8 Å². The maximum Gasteiger partial charge on any atom is 0.305 e. The lowest BCUT2D eigenvalue weighted by Crippen LogP contribution is -2.26. The standard InChI is InChI=1S/C10H15NO4S2/c1-15-10(12)5-3-7-17(13,14)11-8-9-4-2-6-16-9/h2,4,6,11H,3,5,7-8H2,1H3. The van der Waals surface area contributed by atoms with Crippen molar-refractivity contribution in [1.29, 1.82) is 0 Å². The first kappa shape index (κ1) is 14.1. The molecule has 0 unspecified atom stereocenters. The Bertz CT molecular complexity index is 439. The Morgan fingerprint density at radius 3 is 2.88 bits per heavy atom. The molecular weight excluding hydrogens is 262 g/mol. The van der Waals surface area contributed by atoms with Crippen LogP contribution in [-0.2, 0) is 26.1 Å². The van der Waals surface area contributed by atoms with Gasteiger partial charge in [-0.05, 0) is 17.9 Å². The molecule has 7 heteroatoms. The molecule has 0 spiro atoms. The summed E-state index contributed by atoms with van der Waals surface area (Å²) in [6.07, 6.45) is 0.392. The van der Waals surface area contributed by atoms with Crippen LogP contribution in [0.2, 0.25) is 0 Å². The van der Waals surface area contributed by atoms with Crippen molar-refractivity contribution >= 4 is 27.3 Å². The Kier molecular flexibility index (Phi) is 5.60. The molecule has 0 aliphatic rings. The Morgan fingerprint density at radius 2 is 2.29 bits per heavy atom. The molecule has 0 aromatic carbocycles. The van der Waals surface area contributed by atoms with Crippen molar-refractivity contribution in [3.05, 3.63) is 22.4 Å². The van der Waals surface area contributed by atoms with Crippen molar-refractivity contribution in [3.63, 3.8) is 0 Å². The van der Waals surface area contributed by atoms with Crippen LogP contribution in [0.4, 0.5) is 0 Å². The summed E-state index contributed by atoms with van der Waals surface area (Å²) < 4.78 is 30.0. The van der Waals surface area contributed by atoms with Gasteiger partial charge in [-0.15, -0.1) is 11.3 Å². The molecule has 0 aliphatic heterocycles. The smallest absolute Gasteiger partial charge is 0.305 e. The molecular formula is C10H15NO4S2. The van der Waals surface area contributed by atoms with E-state index in [1.165, 1.54) is 18.4 Å². The number of nitrogens with one attached hydrogen (secondary N) is 1. The summed E-state index contributed by atoms with van der Waals surface area (Å²) in [5.41, 5.74) is 0. The maximum atomic E-state index is 11.5. The van der Waals surface area contributed by atoms with Crippen LogP contribution in [0.3, 0.4) is 0 Å². The van der Waals surface area contributed by atoms with Crippen LogP contribution >= 0.6 is 11.3 Å². The number of carbonyl (C=O) groups excluding carboxylic acids is 1. The Labute approximate surface area is 105 Å². The zero-order valence-electron chi connectivity index (χ0n) is 9.51. The molecule has 0 bridgehead atoms. The number of hydrogen-bond donors (Lipinski definition) is 1. The minimum Gasteiger partial charge on any atom is -0.469 e. The summed E-state index contributed by atoms with van der Waals surface area (Å²) in [7, 11) is -2.03. The fraction of sp³-hybridized carbons (Fsp3) is 0.500. The van der Waals surface area contributed by atoms with Gasteiger partial charge in [0.15, 0.2) is 0 Å². The molecule has 0 aliphatic carbocycles. The van der Waals surface area contributed by atoms with Crippen molar-refractivity contribution in [2.24, 2.45) is 0 Å². The van der Waals surface area contributed by atoms with E-state index in [9.17, 15) is 13.2 Å². The lowest BCUT2D eigenvalue weighted by Gasteiger charge is -2.04. The van der Waals surface area contributed by atoms with Gasteiger partial charge >= 0.3 is 5.97 Å². The van der Waals surface area contributed by atoms with Crippen molar-refractivity contribution < 1.29 is 17.9 Å². The monoisotopic (exact) mass is 277 g/mol. The maximum absolute atomic E-state index is 11.5. The van der Waals surface area contributed by atoms with Crippen LogP contribution in [0.25, 0.3) is 0 Å². The first-order valence-corrected chi connectivity index (χ1v) is 7.63. The van der Waals surface area contributed by atoms with Crippen molar-refractivity contribution in [2.45, 2.75) is 19.4 Å². The van der Waals surface area contributed by atoms with Crippen molar-refractivity contribution in [1.82, 2.24) is 4.72 Å². The van der Waals surface area contributed by atoms with E-state index in [1.807, 2.05) is 17.5 Å². The molecule has 0 radical (unpaired) electrons. The molecule has 0 amide bonds. The van der Waals surface area contributed by atoms with Gasteiger partial charge in [0.25, 0.3) is 0 Å². The number of ether oxygens (including phenoxy) is 1. The van der Waals surface area contributed by atoms with Gasteiger partial charge in [-0.2, -0.15) is 0 Å². The van der Waals surface area contributed by atoms with Gasteiger partial charge in [0.05, 0.1) is 12.9 Å². The van der Waals surface area contributed by atoms with Gasteiger partial charge in [-0.25, -0.2) is 13.1 Å². The van der Waals surface area contributed by atoms with Crippen LogP contribution < -0.4 is 4.72 Å². The zero-order valence-corrected chi connectivity index (χ0v) is 11.1. The molecule has 5 nitrogen and oxygen atoms in total. The number of hydrogen-bond acceptors (Lipinski definition) is 5. The molecule has 96 valence electrons. The summed E-state index contributed by atoms with van der Waals surface area (Å²) in [6.45, 7) is 0.304. The molecule has 1 rings (SSSR count). The van der Waals surface area contributed by atoms with Gasteiger partial charge in [0.1, 0.15) is 0 Å². The third-order valence-corrected chi connectivity index (χ3v) is 4.35. The molecule has 0 saturated carbocycles. The Morgan fingerprint density at radius 1 is 1.53 bits per heavy atom. The minimum atomic E-state index is -3.31. The van der Waals surface area contributed by atoms with E-state index in [0.29, 0.717) is 6.54 Å². The van der Waals surface area contributed by atoms with Crippen LogP contribution in [0.5, 0.6) is 0 Å². The van der Waals surface area contributed by atoms with Crippen LogP contribution in [0.15, 0.2) is 17.5 Å². The number of thiophene rings is 1. The van der Waals surface area contributed by atoms with Crippen LogP contribution in [0.1, 0.15) is 17.7 Å². The van der Waals surface area contributed by atoms with E-state index >= 15 is 0 Å². The number of carbonyl (C=O) groups is 1. The van der Waals surface area contributed by atoms with E-state index in [4.69, 9.17) is 0 Å². The van der Waals surface area contributed by atoms with Crippen LogP contribution in [0, 0.1) is 0 Å². The summed E-state index contributed by atoms with van der Waals surface area (Å²) in [6, 6.07) is 3.73. The largest absolute Gasteiger partial charge is 0.469 e. The fourth-order valence-electron chi connectivity index (χ4n) is 1.18. The van der Waals surface area contributed by atoms with E-state index < -0.39 is 16.0 Å². The quantitative estimate of drug-likeness (QED) is 0.758. The molecule has 1 aromatic heterocycles. The van der Waals surface area contributed by atoms with Gasteiger partial charge in [-0.3, -0.25) is 4.79 Å². The summed E-state index contributed by atoms with van der Waals surface area (Å²) in [4.78, 5) is 11.8. The minimum absolute atomic E-state index is 0.0620. The topological polar surface area (TPSA) is 72.5 Å². The fourth-order valence-corrected chi connectivity index (χ4v) is 2.96. The molecule has 1 heterocycles. The highest BCUT2D eigenvalue weighted by Crippen LogP contribution is 2.08. The Hall–Kier alpha value is -0.920. The summed E-state index contributed by atoms with van der Waals surface area (Å²) >= 11 is 1.49. The molecule has 0 fully saturated rings. The summed E-state index contributed by atoms with van der Waals surface area (Å²) in [5, 5.41) is 1.89. The van der Waals surface area contributed by atoms with Crippen LogP contribution in [-0.4, -0.2) is 27.2 Å². The molecule has 0 atom stereocenters. The third-order valence-electron chi connectivity index (χ3n) is 2.07.